The van der Waals surface area contributed by atoms with Gasteiger partial charge in [0.25, 0.3) is 5.56 Å². The van der Waals surface area contributed by atoms with E-state index in [-0.39, 0.29) is 5.56 Å². The van der Waals surface area contributed by atoms with Crippen molar-refractivity contribution in [3.05, 3.63) is 39.8 Å². The number of ether oxygens (including phenoxy) is 1. The molecule has 2 rings (SSSR count). The Morgan fingerprint density at radius 3 is 3.11 bits per heavy atom. The van der Waals surface area contributed by atoms with E-state index >= 15 is 0 Å². The summed E-state index contributed by atoms with van der Waals surface area (Å²) in [5.41, 5.74) is 1.72. The fourth-order valence-corrected chi connectivity index (χ4v) is 1.91. The van der Waals surface area contributed by atoms with Gasteiger partial charge in [0.1, 0.15) is 0 Å². The monoisotopic (exact) mass is 266 g/mol. The van der Waals surface area contributed by atoms with Crippen molar-refractivity contribution in [2.45, 2.75) is 13.1 Å². The summed E-state index contributed by atoms with van der Waals surface area (Å²) < 4.78 is 10.4. The van der Waals surface area contributed by atoms with E-state index in [0.717, 1.165) is 11.4 Å². The van der Waals surface area contributed by atoms with Gasteiger partial charge in [-0.15, -0.1) is 5.10 Å². The van der Waals surface area contributed by atoms with E-state index in [2.05, 4.69) is 14.9 Å². The molecule has 0 aromatic carbocycles. The molecule has 2 aromatic heterocycles. The fourth-order valence-electron chi connectivity index (χ4n) is 1.45. The molecule has 0 aliphatic heterocycles. The molecule has 0 aliphatic carbocycles. The van der Waals surface area contributed by atoms with Crippen molar-refractivity contribution in [3.63, 3.8) is 0 Å². The molecule has 0 bridgehead atoms. The predicted octanol–water partition coefficient (Wildman–Crippen LogP) is 0.958. The second-order valence-corrected chi connectivity index (χ2v) is 4.30. The average Bonchev–Trinajstić information content (AvgIpc) is 2.89. The lowest BCUT2D eigenvalue weighted by Gasteiger charge is -2.08. The smallest absolute Gasteiger partial charge is 0.250 e. The normalized spacial score (nSPS) is 10.5. The van der Waals surface area contributed by atoms with Gasteiger partial charge in [0.05, 0.1) is 24.5 Å². The first-order valence-electron chi connectivity index (χ1n) is 5.49. The van der Waals surface area contributed by atoms with Crippen molar-refractivity contribution in [1.29, 1.82) is 0 Å². The molecule has 0 aliphatic rings. The molecule has 6 nitrogen and oxygen atoms in total. The first-order chi connectivity index (χ1) is 8.79. The molecule has 1 N–H and O–H groups in total. The summed E-state index contributed by atoms with van der Waals surface area (Å²) >= 11 is 1.32. The Balaban J connectivity index is 2.02. The van der Waals surface area contributed by atoms with E-state index in [0.29, 0.717) is 19.7 Å². The van der Waals surface area contributed by atoms with Crippen LogP contribution in [0.2, 0.25) is 0 Å². The Labute approximate surface area is 108 Å². The lowest BCUT2D eigenvalue weighted by molar-refractivity contribution is 0.186. The SMILES string of the molecule is COCCn1cc(NCc2csnn2)ccc1=O. The molecule has 0 amide bonds. The van der Waals surface area contributed by atoms with Crippen LogP contribution in [0.25, 0.3) is 0 Å². The fraction of sp³-hybridized carbons (Fsp3) is 0.364. The van der Waals surface area contributed by atoms with Gasteiger partial charge in [-0.3, -0.25) is 4.79 Å². The number of pyridine rings is 1. The third-order valence-corrected chi connectivity index (χ3v) is 2.95. The number of anilines is 1. The van der Waals surface area contributed by atoms with Crippen LogP contribution in [0, 0.1) is 0 Å². The van der Waals surface area contributed by atoms with Gasteiger partial charge in [0, 0.05) is 31.3 Å². The van der Waals surface area contributed by atoms with Crippen LogP contribution >= 0.6 is 11.5 Å². The van der Waals surface area contributed by atoms with Gasteiger partial charge in [-0.1, -0.05) is 4.49 Å². The van der Waals surface area contributed by atoms with Gasteiger partial charge in [-0.2, -0.15) is 0 Å². The van der Waals surface area contributed by atoms with Crippen molar-refractivity contribution >= 4 is 17.2 Å². The Bertz CT molecular complexity index is 538. The molecule has 0 fully saturated rings. The van der Waals surface area contributed by atoms with Crippen LogP contribution in [0.1, 0.15) is 5.69 Å². The van der Waals surface area contributed by atoms with E-state index in [1.54, 1.807) is 23.9 Å². The van der Waals surface area contributed by atoms with Gasteiger partial charge in [0.15, 0.2) is 0 Å². The highest BCUT2D eigenvalue weighted by Crippen LogP contribution is 2.06. The number of rotatable bonds is 6. The summed E-state index contributed by atoms with van der Waals surface area (Å²) in [4.78, 5) is 11.6. The summed E-state index contributed by atoms with van der Waals surface area (Å²) in [6, 6.07) is 3.29. The third kappa shape index (κ3) is 3.38. The minimum Gasteiger partial charge on any atom is -0.383 e. The summed E-state index contributed by atoms with van der Waals surface area (Å²) in [7, 11) is 1.61. The van der Waals surface area contributed by atoms with Crippen LogP contribution in [0.3, 0.4) is 0 Å². The zero-order valence-corrected chi connectivity index (χ0v) is 10.8. The number of nitrogens with one attached hydrogen (secondary N) is 1. The van der Waals surface area contributed by atoms with Crippen LogP contribution in [0.5, 0.6) is 0 Å². The maximum absolute atomic E-state index is 11.6. The molecule has 0 atom stereocenters. The highest BCUT2D eigenvalue weighted by molar-refractivity contribution is 7.03. The molecule has 96 valence electrons. The number of nitrogens with zero attached hydrogens (tertiary/aromatic N) is 3. The van der Waals surface area contributed by atoms with E-state index in [4.69, 9.17) is 4.74 Å². The van der Waals surface area contributed by atoms with Gasteiger partial charge in [-0.05, 0) is 17.6 Å². The van der Waals surface area contributed by atoms with Crippen LogP contribution in [0.15, 0.2) is 28.5 Å². The van der Waals surface area contributed by atoms with E-state index < -0.39 is 0 Å². The van der Waals surface area contributed by atoms with Gasteiger partial charge in [0.2, 0.25) is 0 Å². The first-order valence-corrected chi connectivity index (χ1v) is 6.32. The predicted molar refractivity (Wildman–Crippen MR) is 69.8 cm³/mol. The summed E-state index contributed by atoms with van der Waals surface area (Å²) in [5, 5.41) is 9.02. The van der Waals surface area contributed by atoms with Crippen molar-refractivity contribution in [3.8, 4) is 0 Å². The molecule has 0 saturated heterocycles. The standard InChI is InChI=1S/C11H14N4O2S/c1-17-5-4-15-7-9(2-3-11(15)16)12-6-10-8-18-14-13-10/h2-3,7-8,12H,4-6H2,1H3. The summed E-state index contributed by atoms with van der Waals surface area (Å²) in [6.07, 6.45) is 1.78. The van der Waals surface area contributed by atoms with Crippen LogP contribution < -0.4 is 10.9 Å². The van der Waals surface area contributed by atoms with Crippen LogP contribution in [-0.2, 0) is 17.8 Å². The Hall–Kier alpha value is -1.73. The lowest BCUT2D eigenvalue weighted by Crippen LogP contribution is -2.21. The second-order valence-electron chi connectivity index (χ2n) is 3.69. The quantitative estimate of drug-likeness (QED) is 0.843. The van der Waals surface area contributed by atoms with Gasteiger partial charge in [-0.25, -0.2) is 0 Å². The average molecular weight is 266 g/mol. The molecule has 7 heteroatoms. The first kappa shape index (κ1) is 12.7. The van der Waals surface area contributed by atoms with Crippen molar-refractivity contribution < 1.29 is 4.74 Å². The molecule has 2 heterocycles. The van der Waals surface area contributed by atoms with Crippen LogP contribution in [0.4, 0.5) is 5.69 Å². The maximum Gasteiger partial charge on any atom is 0.250 e. The number of aromatic nitrogens is 3. The van der Waals surface area contributed by atoms with E-state index in [1.807, 2.05) is 5.38 Å². The topological polar surface area (TPSA) is 69.0 Å². The highest BCUT2D eigenvalue weighted by Gasteiger charge is 2.00. The molecular formula is C11H14N4O2S. The molecule has 0 saturated carbocycles. The maximum atomic E-state index is 11.6. The van der Waals surface area contributed by atoms with Crippen molar-refractivity contribution in [2.75, 3.05) is 19.0 Å². The number of hydrogen-bond acceptors (Lipinski definition) is 6. The van der Waals surface area contributed by atoms with Gasteiger partial charge >= 0.3 is 0 Å². The van der Waals surface area contributed by atoms with Gasteiger partial charge < -0.3 is 14.6 Å². The second kappa shape index (κ2) is 6.27. The molecule has 18 heavy (non-hydrogen) atoms. The molecule has 0 radical (unpaired) electrons. The Kier molecular flexibility index (Phi) is 4.43. The molecule has 0 spiro atoms. The van der Waals surface area contributed by atoms with E-state index in [9.17, 15) is 4.79 Å². The zero-order valence-electron chi connectivity index (χ0n) is 10.00. The molecule has 2 aromatic rings. The van der Waals surface area contributed by atoms with Crippen LogP contribution in [-0.4, -0.2) is 27.9 Å². The number of methoxy groups -OCH3 is 1. The lowest BCUT2D eigenvalue weighted by atomic mass is 10.3. The summed E-state index contributed by atoms with van der Waals surface area (Å²) in [6.45, 7) is 1.65. The number of hydrogen-bond donors (Lipinski definition) is 1. The van der Waals surface area contributed by atoms with Crippen molar-refractivity contribution in [2.24, 2.45) is 0 Å². The van der Waals surface area contributed by atoms with Crippen molar-refractivity contribution in [1.82, 2.24) is 14.2 Å². The minimum absolute atomic E-state index is 0.0343. The Morgan fingerprint density at radius 2 is 2.39 bits per heavy atom. The van der Waals surface area contributed by atoms with E-state index in [1.165, 1.54) is 17.6 Å². The minimum atomic E-state index is -0.0343. The third-order valence-electron chi connectivity index (χ3n) is 2.40. The highest BCUT2D eigenvalue weighted by atomic mass is 32.1. The summed E-state index contributed by atoms with van der Waals surface area (Å²) in [5.74, 6) is 0. The molecular weight excluding hydrogens is 252 g/mol. The molecule has 0 unspecified atom stereocenters. The Morgan fingerprint density at radius 1 is 1.50 bits per heavy atom. The largest absolute Gasteiger partial charge is 0.383 e. The zero-order chi connectivity index (χ0) is 12.8.